The molecule has 0 saturated heterocycles. The molecule has 3 rings (SSSR count). The summed E-state index contributed by atoms with van der Waals surface area (Å²) < 4.78 is 7.93. The summed E-state index contributed by atoms with van der Waals surface area (Å²) in [6, 6.07) is 6.34. The fraction of sp³-hybridized carbons (Fsp3) is 0.545. The lowest BCUT2D eigenvalue weighted by molar-refractivity contribution is -0.118. The number of amides is 1. The van der Waals surface area contributed by atoms with E-state index in [1.165, 1.54) is 55.0 Å². The topological polar surface area (TPSA) is 56.2 Å². The van der Waals surface area contributed by atoms with Gasteiger partial charge in [-0.2, -0.15) is 0 Å². The summed E-state index contributed by atoms with van der Waals surface area (Å²) in [7, 11) is 0. The Hall–Kier alpha value is -1.79. The average Bonchev–Trinajstić information content (AvgIpc) is 3.18. The van der Waals surface area contributed by atoms with E-state index in [1.807, 2.05) is 10.8 Å². The number of carbonyl (C=O) groups is 1. The molecule has 6 heteroatoms. The summed E-state index contributed by atoms with van der Waals surface area (Å²) in [5.41, 5.74) is 3.59. The van der Waals surface area contributed by atoms with Crippen LogP contribution in [0, 0.1) is 13.8 Å². The number of aryl methyl sites for hydroxylation is 2. The molecule has 0 radical (unpaired) electrons. The van der Waals surface area contributed by atoms with Crippen molar-refractivity contribution in [2.24, 2.45) is 0 Å². The van der Waals surface area contributed by atoms with Gasteiger partial charge in [0.25, 0.3) is 0 Å². The van der Waals surface area contributed by atoms with E-state index >= 15 is 0 Å². The zero-order valence-electron chi connectivity index (χ0n) is 16.9. The van der Waals surface area contributed by atoms with Crippen molar-refractivity contribution in [1.82, 2.24) is 14.9 Å². The van der Waals surface area contributed by atoms with Gasteiger partial charge >= 0.3 is 0 Å². The summed E-state index contributed by atoms with van der Waals surface area (Å²) in [6.07, 6.45) is 11.3. The number of nitrogens with zero attached hydrogens (tertiary/aromatic N) is 2. The molecule has 1 aliphatic carbocycles. The van der Waals surface area contributed by atoms with E-state index in [1.54, 1.807) is 6.20 Å². The zero-order chi connectivity index (χ0) is 19.8. The first-order valence-electron chi connectivity index (χ1n) is 10.3. The quantitative estimate of drug-likeness (QED) is 0.499. The summed E-state index contributed by atoms with van der Waals surface area (Å²) in [5, 5.41) is 3.81. The van der Waals surface area contributed by atoms with E-state index in [-0.39, 0.29) is 5.91 Å². The highest BCUT2D eigenvalue weighted by Gasteiger charge is 2.13. The highest BCUT2D eigenvalue weighted by Crippen LogP contribution is 2.22. The van der Waals surface area contributed by atoms with Crippen molar-refractivity contribution >= 4 is 17.7 Å². The Labute approximate surface area is 172 Å². The van der Waals surface area contributed by atoms with Crippen LogP contribution in [0.15, 0.2) is 35.7 Å². The Morgan fingerprint density at radius 3 is 2.86 bits per heavy atom. The van der Waals surface area contributed by atoms with Crippen LogP contribution in [0.1, 0.15) is 49.7 Å². The van der Waals surface area contributed by atoms with Gasteiger partial charge < -0.3 is 10.1 Å². The first kappa shape index (κ1) is 20.9. The number of hydrogen-bond donors (Lipinski definition) is 1. The largest absolute Gasteiger partial charge is 0.378 e. The van der Waals surface area contributed by atoms with Crippen LogP contribution in [-0.4, -0.2) is 40.5 Å². The molecule has 1 N–H and O–H groups in total. The van der Waals surface area contributed by atoms with Gasteiger partial charge in [-0.25, -0.2) is 4.98 Å². The zero-order valence-corrected chi connectivity index (χ0v) is 17.8. The molecule has 1 aromatic heterocycles. The molecular weight excluding hydrogens is 370 g/mol. The average molecular weight is 402 g/mol. The van der Waals surface area contributed by atoms with Crippen LogP contribution in [-0.2, 0) is 9.53 Å². The minimum atomic E-state index is 0.0392. The number of aromatic nitrogens is 2. The number of benzene rings is 1. The van der Waals surface area contributed by atoms with Crippen molar-refractivity contribution in [3.63, 3.8) is 0 Å². The number of ether oxygens (including phenoxy) is 1. The highest BCUT2D eigenvalue weighted by molar-refractivity contribution is 7.99. The summed E-state index contributed by atoms with van der Waals surface area (Å²) in [4.78, 5) is 16.5. The van der Waals surface area contributed by atoms with Crippen molar-refractivity contribution in [2.45, 2.75) is 63.6 Å². The lowest BCUT2D eigenvalue weighted by atomic mass is 9.98. The minimum absolute atomic E-state index is 0.0392. The Morgan fingerprint density at radius 2 is 2.07 bits per heavy atom. The van der Waals surface area contributed by atoms with Crippen LogP contribution in [0.5, 0.6) is 0 Å². The fourth-order valence-electron chi connectivity index (χ4n) is 3.43. The van der Waals surface area contributed by atoms with Crippen LogP contribution >= 0.6 is 11.8 Å². The van der Waals surface area contributed by atoms with Gasteiger partial charge in [0.05, 0.1) is 11.9 Å². The van der Waals surface area contributed by atoms with Gasteiger partial charge in [0.15, 0.2) is 5.16 Å². The Bertz CT molecular complexity index is 769. The van der Waals surface area contributed by atoms with Crippen LogP contribution in [0.25, 0.3) is 5.69 Å². The Kier molecular flexibility index (Phi) is 7.98. The number of rotatable bonds is 9. The summed E-state index contributed by atoms with van der Waals surface area (Å²) in [6.45, 7) is 5.61. The van der Waals surface area contributed by atoms with E-state index < -0.39 is 0 Å². The number of imidazole rings is 1. The maximum atomic E-state index is 12.1. The predicted molar refractivity (Wildman–Crippen MR) is 114 cm³/mol. The molecular formula is C22H31N3O2S. The van der Waals surface area contributed by atoms with Gasteiger partial charge in [-0.05, 0) is 56.4 Å². The number of nitrogens with one attached hydrogen (secondary N) is 1. The molecule has 2 aromatic rings. The monoisotopic (exact) mass is 401 g/mol. The summed E-state index contributed by atoms with van der Waals surface area (Å²) >= 11 is 1.46. The minimum Gasteiger partial charge on any atom is -0.378 e. The van der Waals surface area contributed by atoms with Crippen LogP contribution in [0.2, 0.25) is 0 Å². The molecule has 0 atom stereocenters. The maximum Gasteiger partial charge on any atom is 0.230 e. The first-order valence-corrected chi connectivity index (χ1v) is 11.2. The van der Waals surface area contributed by atoms with Crippen LogP contribution in [0.4, 0.5) is 0 Å². The van der Waals surface area contributed by atoms with Gasteiger partial charge in [0.2, 0.25) is 5.91 Å². The van der Waals surface area contributed by atoms with Crippen molar-refractivity contribution in [3.05, 3.63) is 41.7 Å². The third kappa shape index (κ3) is 6.11. The third-order valence-corrected chi connectivity index (χ3v) is 6.22. The molecule has 1 fully saturated rings. The molecule has 1 heterocycles. The van der Waals surface area contributed by atoms with Crippen molar-refractivity contribution in [2.75, 3.05) is 18.9 Å². The lowest BCUT2D eigenvalue weighted by Crippen LogP contribution is -2.27. The molecule has 152 valence electrons. The normalized spacial score (nSPS) is 14.9. The van der Waals surface area contributed by atoms with Gasteiger partial charge in [-0.15, -0.1) is 0 Å². The second kappa shape index (κ2) is 10.7. The van der Waals surface area contributed by atoms with Gasteiger partial charge in [-0.3, -0.25) is 9.36 Å². The molecule has 1 aliphatic rings. The molecule has 0 bridgehead atoms. The highest BCUT2D eigenvalue weighted by atomic mass is 32.2. The second-order valence-corrected chi connectivity index (χ2v) is 8.41. The van der Waals surface area contributed by atoms with E-state index in [9.17, 15) is 4.79 Å². The smallest absolute Gasteiger partial charge is 0.230 e. The SMILES string of the molecule is Cc1ccc(-n2ccnc2SCC(=O)NCCCOC2CCCCC2)cc1C. The molecule has 5 nitrogen and oxygen atoms in total. The second-order valence-electron chi connectivity index (χ2n) is 7.47. The third-order valence-electron chi connectivity index (χ3n) is 5.26. The predicted octanol–water partition coefficient (Wildman–Crippen LogP) is 4.44. The molecule has 1 aromatic carbocycles. The number of carbonyl (C=O) groups excluding carboxylic acids is 1. The van der Waals surface area contributed by atoms with Crippen molar-refractivity contribution in [3.8, 4) is 5.69 Å². The molecule has 0 unspecified atom stereocenters. The fourth-order valence-corrected chi connectivity index (χ4v) is 4.23. The lowest BCUT2D eigenvalue weighted by Gasteiger charge is -2.21. The van der Waals surface area contributed by atoms with E-state index in [0.29, 0.717) is 18.4 Å². The van der Waals surface area contributed by atoms with Gasteiger partial charge in [0, 0.05) is 31.2 Å². The standard InChI is InChI=1S/C22H31N3O2S/c1-17-9-10-19(15-18(17)2)25-13-12-24-22(25)28-16-21(26)23-11-6-14-27-20-7-4-3-5-8-20/h9-10,12-13,15,20H,3-8,11,14,16H2,1-2H3,(H,23,26). The van der Waals surface area contributed by atoms with Gasteiger partial charge in [0.1, 0.15) is 0 Å². The van der Waals surface area contributed by atoms with E-state index in [0.717, 1.165) is 23.9 Å². The van der Waals surface area contributed by atoms with E-state index in [4.69, 9.17) is 4.74 Å². The Balaban J connectivity index is 1.38. The van der Waals surface area contributed by atoms with Crippen LogP contribution in [0.3, 0.4) is 0 Å². The Morgan fingerprint density at radius 1 is 1.25 bits per heavy atom. The number of thioether (sulfide) groups is 1. The van der Waals surface area contributed by atoms with Crippen molar-refractivity contribution in [1.29, 1.82) is 0 Å². The van der Waals surface area contributed by atoms with Crippen LogP contribution < -0.4 is 5.32 Å². The first-order chi connectivity index (χ1) is 13.6. The van der Waals surface area contributed by atoms with E-state index in [2.05, 4.69) is 42.3 Å². The molecule has 0 aliphatic heterocycles. The summed E-state index contributed by atoms with van der Waals surface area (Å²) in [5.74, 6) is 0.406. The molecule has 1 amide bonds. The maximum absolute atomic E-state index is 12.1. The van der Waals surface area contributed by atoms with Gasteiger partial charge in [-0.1, -0.05) is 37.1 Å². The molecule has 28 heavy (non-hydrogen) atoms. The molecule has 0 spiro atoms. The molecule has 1 saturated carbocycles. The number of hydrogen-bond acceptors (Lipinski definition) is 4. The van der Waals surface area contributed by atoms with Crippen molar-refractivity contribution < 1.29 is 9.53 Å².